The predicted octanol–water partition coefficient (Wildman–Crippen LogP) is 3.33. The summed E-state index contributed by atoms with van der Waals surface area (Å²) in [5.74, 6) is 2.43. The molecular weight excluding hydrogens is 368 g/mol. The fraction of sp³-hybridized carbons (Fsp3) is 0.957. The predicted molar refractivity (Wildman–Crippen MR) is 113 cm³/mol. The lowest BCUT2D eigenvalue weighted by Crippen LogP contribution is -2.65. The van der Waals surface area contributed by atoms with E-state index in [-0.39, 0.29) is 16.6 Å². The van der Waals surface area contributed by atoms with E-state index >= 15 is 0 Å². The molecule has 1 N–H and O–H groups in total. The van der Waals surface area contributed by atoms with Crippen LogP contribution in [0.2, 0.25) is 0 Å². The van der Waals surface area contributed by atoms with Gasteiger partial charge < -0.3 is 10.2 Å². The van der Waals surface area contributed by atoms with Crippen LogP contribution in [0.25, 0.3) is 0 Å². The maximum Gasteiger partial charge on any atom is 0.238 e. The molecule has 1 aliphatic heterocycles. The third-order valence-corrected chi connectivity index (χ3v) is 11.1. The maximum absolute atomic E-state index is 12.8. The number of hydrogen-bond donors (Lipinski definition) is 1. The van der Waals surface area contributed by atoms with Gasteiger partial charge in [-0.3, -0.25) is 9.00 Å². The highest BCUT2D eigenvalue weighted by atomic mass is 32.2. The summed E-state index contributed by atoms with van der Waals surface area (Å²) < 4.78 is 12.4. The number of likely N-dealkylation sites (tertiary alicyclic amines) is 1. The van der Waals surface area contributed by atoms with Gasteiger partial charge in [0.2, 0.25) is 5.91 Å². The highest BCUT2D eigenvalue weighted by Crippen LogP contribution is 2.65. The zero-order valence-corrected chi connectivity index (χ0v) is 18.9. The second-order valence-corrected chi connectivity index (χ2v) is 12.8. The summed E-state index contributed by atoms with van der Waals surface area (Å²) in [6, 6.07) is 1.85. The van der Waals surface area contributed by atoms with E-state index in [4.69, 9.17) is 0 Å². The zero-order valence-electron chi connectivity index (χ0n) is 18.1. The van der Waals surface area contributed by atoms with E-state index < -0.39 is 10.8 Å². The quantitative estimate of drug-likeness (QED) is 0.782. The molecule has 1 unspecified atom stereocenters. The smallest absolute Gasteiger partial charge is 0.238 e. The highest BCUT2D eigenvalue weighted by molar-refractivity contribution is 7.85. The Labute approximate surface area is 173 Å². The summed E-state index contributed by atoms with van der Waals surface area (Å²) >= 11 is 0. The van der Waals surface area contributed by atoms with Crippen molar-refractivity contribution < 1.29 is 9.00 Å². The number of amides is 1. The first-order valence-electron chi connectivity index (χ1n) is 11.6. The molecule has 5 heteroatoms. The number of hydrogen-bond acceptors (Lipinski definition) is 3. The monoisotopic (exact) mass is 406 g/mol. The summed E-state index contributed by atoms with van der Waals surface area (Å²) in [6.45, 7) is 5.02. The first-order valence-corrected chi connectivity index (χ1v) is 13.2. The molecular formula is C23H38N2O2S. The Morgan fingerprint density at radius 1 is 1.00 bits per heavy atom. The van der Waals surface area contributed by atoms with Crippen molar-refractivity contribution in [2.45, 2.75) is 95.0 Å². The fourth-order valence-corrected chi connectivity index (χ4v) is 9.34. The van der Waals surface area contributed by atoms with Crippen LogP contribution < -0.4 is 5.32 Å². The summed E-state index contributed by atoms with van der Waals surface area (Å²) in [4.78, 5) is 14.8. The molecule has 1 heterocycles. The average Bonchev–Trinajstić information content (AvgIpc) is 3.40. The van der Waals surface area contributed by atoms with Crippen LogP contribution in [0.3, 0.4) is 0 Å². The molecule has 9 atom stereocenters. The number of nitrogens with one attached hydrogen (secondary N) is 1. The van der Waals surface area contributed by atoms with Gasteiger partial charge in [-0.05, 0) is 86.4 Å². The Balaban J connectivity index is 1.42. The van der Waals surface area contributed by atoms with Crippen molar-refractivity contribution in [1.82, 2.24) is 10.2 Å². The van der Waals surface area contributed by atoms with Crippen LogP contribution in [-0.2, 0) is 15.6 Å². The van der Waals surface area contributed by atoms with Crippen molar-refractivity contribution in [3.8, 4) is 0 Å². The molecule has 4 nitrogen and oxygen atoms in total. The van der Waals surface area contributed by atoms with Crippen LogP contribution in [0.1, 0.15) is 71.6 Å². The van der Waals surface area contributed by atoms with Gasteiger partial charge in [-0.1, -0.05) is 13.8 Å². The molecule has 1 saturated heterocycles. The second-order valence-electron chi connectivity index (χ2n) is 11.2. The Morgan fingerprint density at radius 3 is 2.39 bits per heavy atom. The highest BCUT2D eigenvalue weighted by Gasteiger charge is 2.62. The first-order chi connectivity index (χ1) is 13.3. The molecule has 28 heavy (non-hydrogen) atoms. The van der Waals surface area contributed by atoms with Crippen molar-refractivity contribution in [3.63, 3.8) is 0 Å². The van der Waals surface area contributed by atoms with Crippen molar-refractivity contribution in [3.05, 3.63) is 0 Å². The molecule has 5 rings (SSSR count). The zero-order chi connectivity index (χ0) is 19.8. The van der Waals surface area contributed by atoms with Crippen molar-refractivity contribution in [2.24, 2.45) is 28.6 Å². The third kappa shape index (κ3) is 2.71. The maximum atomic E-state index is 12.8. The minimum Gasteiger partial charge on any atom is -0.341 e. The van der Waals surface area contributed by atoms with Gasteiger partial charge in [0.05, 0.1) is 0 Å². The molecule has 0 radical (unpaired) electrons. The van der Waals surface area contributed by atoms with Crippen LogP contribution in [-0.4, -0.2) is 51.7 Å². The number of nitrogens with zero attached hydrogens (tertiary/aromatic N) is 1. The van der Waals surface area contributed by atoms with E-state index in [9.17, 15) is 9.00 Å². The molecule has 4 aliphatic carbocycles. The molecule has 158 valence electrons. The van der Waals surface area contributed by atoms with Gasteiger partial charge >= 0.3 is 0 Å². The summed E-state index contributed by atoms with van der Waals surface area (Å²) in [6.07, 6.45) is 13.1. The molecule has 4 saturated carbocycles. The molecule has 0 spiro atoms. The number of piperidine rings is 1. The van der Waals surface area contributed by atoms with Gasteiger partial charge in [-0.15, -0.1) is 0 Å². The second kappa shape index (κ2) is 6.54. The van der Waals surface area contributed by atoms with Crippen LogP contribution in [0, 0.1) is 28.6 Å². The Hall–Kier alpha value is -0.420. The lowest BCUT2D eigenvalue weighted by atomic mass is 9.47. The number of fused-ring (bicyclic) bond motifs is 5. The van der Waals surface area contributed by atoms with Gasteiger partial charge in [-0.2, -0.15) is 0 Å². The molecule has 0 aromatic carbocycles. The van der Waals surface area contributed by atoms with Crippen LogP contribution in [0.5, 0.6) is 0 Å². The lowest BCUT2D eigenvalue weighted by Gasteiger charge is -2.62. The number of rotatable bonds is 3. The number of carbonyl (C=O) groups is 1. The van der Waals surface area contributed by atoms with Gasteiger partial charge in [0.1, 0.15) is 5.25 Å². The Morgan fingerprint density at radius 2 is 1.71 bits per heavy atom. The van der Waals surface area contributed by atoms with Crippen LogP contribution in [0.15, 0.2) is 0 Å². The van der Waals surface area contributed by atoms with E-state index in [0.717, 1.165) is 30.7 Å². The molecule has 0 bridgehead atoms. The van der Waals surface area contributed by atoms with Gasteiger partial charge in [0.25, 0.3) is 0 Å². The largest absolute Gasteiger partial charge is 0.341 e. The molecule has 1 amide bonds. The van der Waals surface area contributed by atoms with Gasteiger partial charge in [0.15, 0.2) is 0 Å². The van der Waals surface area contributed by atoms with Crippen LogP contribution in [0.4, 0.5) is 0 Å². The lowest BCUT2D eigenvalue weighted by molar-refractivity contribution is -0.156. The minimum absolute atomic E-state index is 0.122. The summed E-state index contributed by atoms with van der Waals surface area (Å²) in [7, 11) is 0.899. The van der Waals surface area contributed by atoms with E-state index in [1.165, 1.54) is 44.9 Å². The Bertz CT molecular complexity index is 694. The normalized spacial score (nSPS) is 52.0. The van der Waals surface area contributed by atoms with Crippen molar-refractivity contribution in [1.29, 1.82) is 0 Å². The molecule has 0 aromatic heterocycles. The summed E-state index contributed by atoms with van der Waals surface area (Å²) in [5.41, 5.74) is 0.585. The van der Waals surface area contributed by atoms with E-state index in [1.54, 1.807) is 6.26 Å². The summed E-state index contributed by atoms with van der Waals surface area (Å²) in [5, 5.41) is 3.70. The first kappa shape index (κ1) is 19.5. The average molecular weight is 407 g/mol. The van der Waals surface area contributed by atoms with Crippen molar-refractivity contribution in [2.75, 3.05) is 13.3 Å². The van der Waals surface area contributed by atoms with E-state index in [1.807, 2.05) is 11.9 Å². The minimum atomic E-state index is -1.08. The molecule has 0 aromatic rings. The SMILES string of the molecule is CN1C(=O)[C@H](S(C)=O)C[C@]2(C)[C@H]3CC[C@]4(C)[C@@H](NC5CC5)CC[C@H]4[C@@H]3CC[C@@H]12. The van der Waals surface area contributed by atoms with Crippen LogP contribution >= 0.6 is 0 Å². The van der Waals surface area contributed by atoms with Crippen molar-refractivity contribution >= 4 is 16.7 Å². The molecule has 5 fully saturated rings. The fourth-order valence-electron chi connectivity index (χ4n) is 8.29. The van der Waals surface area contributed by atoms with E-state index in [2.05, 4.69) is 19.2 Å². The Kier molecular flexibility index (Phi) is 4.56. The topological polar surface area (TPSA) is 49.4 Å². The number of carbonyl (C=O) groups excluding carboxylic acids is 1. The van der Waals surface area contributed by atoms with E-state index in [0.29, 0.717) is 23.4 Å². The van der Waals surface area contributed by atoms with Gasteiger partial charge in [-0.25, -0.2) is 0 Å². The molecule has 5 aliphatic rings. The van der Waals surface area contributed by atoms with Gasteiger partial charge in [0, 0.05) is 42.2 Å². The third-order valence-electron chi connectivity index (χ3n) is 9.95. The standard InChI is InChI=1S/C23H38N2O2S/c1-22-12-11-17-15(16(22)8-9-19(22)24-14-5-6-14)7-10-20-23(17,2)13-18(28(4)27)21(26)25(20)3/h14-20,24H,5-13H2,1-4H3/t15-,16-,17-,18+,19-,20+,22-,23+,28?/m0/s1.